The number of carboxylic acid groups (broad SMARTS) is 1. The zero-order valence-corrected chi connectivity index (χ0v) is 13.0. The predicted octanol–water partition coefficient (Wildman–Crippen LogP) is 3.45. The summed E-state index contributed by atoms with van der Waals surface area (Å²) in [5, 5.41) is 12.8. The van der Waals surface area contributed by atoms with Gasteiger partial charge in [0.2, 0.25) is 0 Å². The molecule has 0 spiro atoms. The molecule has 112 valence electrons. The summed E-state index contributed by atoms with van der Waals surface area (Å²) in [4.78, 5) is 24.1. The molecule has 0 saturated carbocycles. The van der Waals surface area contributed by atoms with Crippen LogP contribution in [0, 0.1) is 0 Å². The monoisotopic (exact) mass is 305 g/mol. The molecule has 1 atom stereocenters. The van der Waals surface area contributed by atoms with E-state index in [1.165, 1.54) is 11.3 Å². The van der Waals surface area contributed by atoms with Crippen LogP contribution in [-0.2, 0) is 11.2 Å². The summed E-state index contributed by atoms with van der Waals surface area (Å²) < 4.78 is 1.06. The lowest BCUT2D eigenvalue weighted by molar-refractivity contribution is -0.139. The maximum Gasteiger partial charge on any atom is 0.326 e. The van der Waals surface area contributed by atoms with Gasteiger partial charge in [-0.25, -0.2) is 4.79 Å². The summed E-state index contributed by atoms with van der Waals surface area (Å²) in [5.41, 5.74) is 1.02. The number of amides is 1. The first-order valence-electron chi connectivity index (χ1n) is 7.12. The molecule has 0 aliphatic carbocycles. The lowest BCUT2D eigenvalue weighted by Gasteiger charge is -2.12. The smallest absolute Gasteiger partial charge is 0.326 e. The minimum absolute atomic E-state index is 0.283. The van der Waals surface area contributed by atoms with E-state index in [4.69, 9.17) is 5.11 Å². The molecule has 4 nitrogen and oxygen atoms in total. The van der Waals surface area contributed by atoms with Gasteiger partial charge in [-0.05, 0) is 29.9 Å². The van der Waals surface area contributed by atoms with Gasteiger partial charge >= 0.3 is 5.97 Å². The molecular weight excluding hydrogens is 286 g/mol. The fraction of sp³-hybridized carbons (Fsp3) is 0.375. The van der Waals surface area contributed by atoms with E-state index in [0.29, 0.717) is 11.3 Å². The number of aliphatic carboxylic acids is 1. The average Bonchev–Trinajstić information content (AvgIpc) is 2.84. The second-order valence-electron chi connectivity index (χ2n) is 4.93. The van der Waals surface area contributed by atoms with Crippen molar-refractivity contribution in [2.45, 2.75) is 39.2 Å². The Morgan fingerprint density at radius 3 is 2.62 bits per heavy atom. The number of rotatable bonds is 6. The molecule has 1 heterocycles. The minimum atomic E-state index is -0.996. The predicted molar refractivity (Wildman–Crippen MR) is 85.0 cm³/mol. The first-order valence-corrected chi connectivity index (χ1v) is 7.94. The average molecular weight is 305 g/mol. The zero-order chi connectivity index (χ0) is 15.4. The summed E-state index contributed by atoms with van der Waals surface area (Å²) in [6.45, 7) is 3.82. The molecule has 21 heavy (non-hydrogen) atoms. The van der Waals surface area contributed by atoms with Crippen molar-refractivity contribution in [2.75, 3.05) is 0 Å². The minimum Gasteiger partial charge on any atom is -0.480 e. The number of thiophene rings is 1. The highest BCUT2D eigenvalue weighted by Crippen LogP contribution is 2.32. The SMILES string of the molecule is CCCc1c(C(=O)NC(CC)C(=O)O)sc2ccccc12. The van der Waals surface area contributed by atoms with Crippen LogP contribution in [-0.4, -0.2) is 23.0 Å². The Morgan fingerprint density at radius 1 is 1.29 bits per heavy atom. The molecule has 2 N–H and O–H groups in total. The van der Waals surface area contributed by atoms with Crippen LogP contribution in [0.3, 0.4) is 0 Å². The highest BCUT2D eigenvalue weighted by Gasteiger charge is 2.22. The Hall–Kier alpha value is -1.88. The van der Waals surface area contributed by atoms with Gasteiger partial charge in [-0.2, -0.15) is 0 Å². The number of nitrogens with one attached hydrogen (secondary N) is 1. The highest BCUT2D eigenvalue weighted by atomic mass is 32.1. The van der Waals surface area contributed by atoms with Gasteiger partial charge in [0.1, 0.15) is 6.04 Å². The Morgan fingerprint density at radius 2 is 2.00 bits per heavy atom. The molecule has 0 bridgehead atoms. The third-order valence-corrected chi connectivity index (χ3v) is 4.63. The van der Waals surface area contributed by atoms with Crippen LogP contribution in [0.1, 0.15) is 41.9 Å². The highest BCUT2D eigenvalue weighted by molar-refractivity contribution is 7.21. The third kappa shape index (κ3) is 3.24. The Kier molecular flexibility index (Phi) is 4.96. The molecule has 0 fully saturated rings. The van der Waals surface area contributed by atoms with Crippen molar-refractivity contribution < 1.29 is 14.7 Å². The van der Waals surface area contributed by atoms with Gasteiger partial charge in [0.25, 0.3) is 5.91 Å². The number of carboxylic acids is 1. The Balaban J connectivity index is 2.38. The molecule has 1 amide bonds. The molecule has 1 aromatic heterocycles. The van der Waals surface area contributed by atoms with Crippen LogP contribution in [0.15, 0.2) is 24.3 Å². The van der Waals surface area contributed by atoms with Crippen molar-refractivity contribution in [3.8, 4) is 0 Å². The molecule has 0 aliphatic rings. The van der Waals surface area contributed by atoms with E-state index < -0.39 is 12.0 Å². The molecule has 2 rings (SSSR count). The number of fused-ring (bicyclic) bond motifs is 1. The van der Waals surface area contributed by atoms with E-state index >= 15 is 0 Å². The fourth-order valence-corrected chi connectivity index (χ4v) is 3.50. The summed E-state index contributed by atoms with van der Waals surface area (Å²) in [6.07, 6.45) is 2.13. The van der Waals surface area contributed by atoms with Crippen molar-refractivity contribution in [3.05, 3.63) is 34.7 Å². The second kappa shape index (κ2) is 6.72. The lowest BCUT2D eigenvalue weighted by atomic mass is 10.1. The fourth-order valence-electron chi connectivity index (χ4n) is 2.34. The largest absolute Gasteiger partial charge is 0.480 e. The molecule has 0 radical (unpaired) electrons. The van der Waals surface area contributed by atoms with E-state index in [1.807, 2.05) is 24.3 Å². The van der Waals surface area contributed by atoms with Gasteiger partial charge in [-0.3, -0.25) is 4.79 Å². The standard InChI is InChI=1S/C16H19NO3S/c1-3-7-11-10-8-5-6-9-13(10)21-14(11)15(18)17-12(4-2)16(19)20/h5-6,8-9,12H,3-4,7H2,1-2H3,(H,17,18)(H,19,20). The molecule has 5 heteroatoms. The quantitative estimate of drug-likeness (QED) is 0.859. The van der Waals surface area contributed by atoms with E-state index in [2.05, 4.69) is 12.2 Å². The van der Waals surface area contributed by atoms with Crippen LogP contribution in [0.2, 0.25) is 0 Å². The number of aryl methyl sites for hydroxylation is 1. The van der Waals surface area contributed by atoms with E-state index in [9.17, 15) is 9.59 Å². The van der Waals surface area contributed by atoms with E-state index in [0.717, 1.165) is 28.5 Å². The van der Waals surface area contributed by atoms with Gasteiger partial charge < -0.3 is 10.4 Å². The van der Waals surface area contributed by atoms with Crippen LogP contribution in [0.5, 0.6) is 0 Å². The van der Waals surface area contributed by atoms with Crippen molar-refractivity contribution in [1.82, 2.24) is 5.32 Å². The summed E-state index contributed by atoms with van der Waals surface area (Å²) in [5.74, 6) is -1.28. The van der Waals surface area contributed by atoms with Crippen molar-refractivity contribution in [1.29, 1.82) is 0 Å². The first kappa shape index (κ1) is 15.5. The molecule has 1 unspecified atom stereocenters. The summed E-state index contributed by atoms with van der Waals surface area (Å²) in [6, 6.07) is 7.08. The maximum absolute atomic E-state index is 12.4. The second-order valence-corrected chi connectivity index (χ2v) is 5.98. The maximum atomic E-state index is 12.4. The molecule has 0 aliphatic heterocycles. The van der Waals surface area contributed by atoms with Gasteiger partial charge in [0.05, 0.1) is 4.88 Å². The zero-order valence-electron chi connectivity index (χ0n) is 12.2. The molecule has 0 saturated heterocycles. The number of carbonyl (C=O) groups is 2. The van der Waals surface area contributed by atoms with Crippen molar-refractivity contribution >= 4 is 33.3 Å². The lowest BCUT2D eigenvalue weighted by Crippen LogP contribution is -2.40. The van der Waals surface area contributed by atoms with Crippen molar-refractivity contribution in [2.24, 2.45) is 0 Å². The summed E-state index contributed by atoms with van der Waals surface area (Å²) >= 11 is 1.43. The number of benzene rings is 1. The summed E-state index contributed by atoms with van der Waals surface area (Å²) in [7, 11) is 0. The number of hydrogen-bond acceptors (Lipinski definition) is 3. The van der Waals surface area contributed by atoms with Gasteiger partial charge in [0.15, 0.2) is 0 Å². The van der Waals surface area contributed by atoms with E-state index in [-0.39, 0.29) is 5.91 Å². The van der Waals surface area contributed by atoms with E-state index in [1.54, 1.807) is 6.92 Å². The Labute approximate surface area is 127 Å². The van der Waals surface area contributed by atoms with Gasteiger partial charge in [-0.15, -0.1) is 11.3 Å². The molecular formula is C16H19NO3S. The normalized spacial score (nSPS) is 12.3. The molecule has 1 aromatic carbocycles. The van der Waals surface area contributed by atoms with Crippen LogP contribution >= 0.6 is 11.3 Å². The van der Waals surface area contributed by atoms with Crippen LogP contribution in [0.4, 0.5) is 0 Å². The van der Waals surface area contributed by atoms with Crippen molar-refractivity contribution in [3.63, 3.8) is 0 Å². The van der Waals surface area contributed by atoms with Gasteiger partial charge in [-0.1, -0.05) is 38.5 Å². The molecule has 2 aromatic rings. The number of carbonyl (C=O) groups excluding carboxylic acids is 1. The van der Waals surface area contributed by atoms with Gasteiger partial charge in [0, 0.05) is 4.70 Å². The third-order valence-electron chi connectivity index (χ3n) is 3.42. The number of hydrogen-bond donors (Lipinski definition) is 2. The van der Waals surface area contributed by atoms with Crippen LogP contribution < -0.4 is 5.32 Å². The topological polar surface area (TPSA) is 66.4 Å². The Bertz CT molecular complexity index is 663. The van der Waals surface area contributed by atoms with Crippen LogP contribution in [0.25, 0.3) is 10.1 Å². The first-order chi connectivity index (χ1) is 10.1.